The Bertz CT molecular complexity index is 2100. The van der Waals surface area contributed by atoms with Crippen molar-refractivity contribution in [1.29, 1.82) is 0 Å². The largest absolute Gasteiger partial charge is 0.313 e. The summed E-state index contributed by atoms with van der Waals surface area (Å²) in [6.07, 6.45) is 5.50. The second-order valence-corrected chi connectivity index (χ2v) is 17.9. The highest BCUT2D eigenvalue weighted by molar-refractivity contribution is 6.83. The van der Waals surface area contributed by atoms with E-state index in [1.54, 1.807) is 30.0 Å². The van der Waals surface area contributed by atoms with E-state index >= 15 is 0 Å². The molecule has 2 amide bonds. The molecule has 2 heterocycles. The van der Waals surface area contributed by atoms with Gasteiger partial charge in [-0.25, -0.2) is 0 Å². The fraction of sp³-hybridized carbons (Fsp3) is 0.179. The fourth-order valence-electron chi connectivity index (χ4n) is 5.18. The molecule has 0 saturated carbocycles. The monoisotopic (exact) mass is 688 g/mol. The Balaban J connectivity index is 0.000000190. The third-order valence-corrected chi connectivity index (χ3v) is 9.26. The second-order valence-electron chi connectivity index (χ2n) is 12.3. The third-order valence-electron chi connectivity index (χ3n) is 7.73. The van der Waals surface area contributed by atoms with Gasteiger partial charge in [-0.1, -0.05) is 91.1 Å². The van der Waals surface area contributed by atoms with Crippen molar-refractivity contribution in [2.24, 2.45) is 9.98 Å². The molecule has 4 aromatic rings. The maximum Gasteiger partial charge on any atom is 0.248 e. The number of hydrogen-bond acceptors (Lipinski definition) is 4. The Morgan fingerprint density at radius 1 is 0.667 bits per heavy atom. The number of halogens is 2. The van der Waals surface area contributed by atoms with Gasteiger partial charge in [-0.2, -0.15) is 0 Å². The summed E-state index contributed by atoms with van der Waals surface area (Å²) < 4.78 is 0. The molecule has 4 aromatic carbocycles. The fourth-order valence-corrected chi connectivity index (χ4v) is 6.14. The van der Waals surface area contributed by atoms with Gasteiger partial charge in [0.15, 0.2) is 0 Å². The Morgan fingerprint density at radius 3 is 1.54 bits per heavy atom. The highest BCUT2D eigenvalue weighted by Gasteiger charge is 2.25. The van der Waals surface area contributed by atoms with Crippen molar-refractivity contribution in [2.45, 2.75) is 19.6 Å². The number of likely N-dealkylation sites (N-methyl/N-ethyl adjacent to an activating group) is 2. The molecule has 0 N–H and O–H groups in total. The van der Waals surface area contributed by atoms with Crippen molar-refractivity contribution < 1.29 is 9.59 Å². The van der Waals surface area contributed by atoms with Crippen LogP contribution in [0.25, 0.3) is 0 Å². The lowest BCUT2D eigenvalue weighted by Crippen LogP contribution is -2.27. The molecule has 6 rings (SSSR count). The van der Waals surface area contributed by atoms with Crippen LogP contribution in [-0.2, 0) is 9.59 Å². The van der Waals surface area contributed by atoms with Gasteiger partial charge in [-0.15, -0.1) is 12.0 Å². The number of fused-ring (bicyclic) bond motifs is 2. The topological polar surface area (TPSA) is 65.3 Å². The van der Waals surface area contributed by atoms with Crippen molar-refractivity contribution in [2.75, 3.05) is 37.0 Å². The second kappa shape index (κ2) is 14.5. The van der Waals surface area contributed by atoms with Gasteiger partial charge in [0.2, 0.25) is 11.8 Å². The highest BCUT2D eigenvalue weighted by Crippen LogP contribution is 2.31. The number of nitrogens with zero attached hydrogens (tertiary/aromatic N) is 4. The van der Waals surface area contributed by atoms with E-state index in [1.165, 1.54) is 0 Å². The van der Waals surface area contributed by atoms with Crippen LogP contribution < -0.4 is 9.80 Å². The zero-order chi connectivity index (χ0) is 34.6. The minimum absolute atomic E-state index is 0.0470. The lowest BCUT2D eigenvalue weighted by molar-refractivity contribution is -0.117. The normalized spacial score (nSPS) is 14.0. The first-order valence-corrected chi connectivity index (χ1v) is 19.5. The molecule has 9 heteroatoms. The van der Waals surface area contributed by atoms with Gasteiger partial charge in [-0.3, -0.25) is 19.6 Å². The van der Waals surface area contributed by atoms with E-state index in [0.717, 1.165) is 50.5 Å². The highest BCUT2D eigenvalue weighted by atomic mass is 35.5. The number of rotatable bonds is 2. The number of carbonyl (C=O) groups is 2. The average molecular weight is 690 g/mol. The van der Waals surface area contributed by atoms with Gasteiger partial charge in [0, 0.05) is 57.5 Å². The maximum atomic E-state index is 12.3. The van der Waals surface area contributed by atoms with Crippen molar-refractivity contribution in [3.8, 4) is 23.8 Å². The summed E-state index contributed by atoms with van der Waals surface area (Å²) in [6.45, 7) is 6.82. The Hall–Kier alpha value is -4.92. The predicted molar refractivity (Wildman–Crippen MR) is 202 cm³/mol. The molecule has 0 aliphatic carbocycles. The summed E-state index contributed by atoms with van der Waals surface area (Å²) in [5, 5.41) is 1.21. The first-order valence-electron chi connectivity index (χ1n) is 15.3. The number of anilines is 2. The molecule has 0 fully saturated rings. The van der Waals surface area contributed by atoms with Crippen LogP contribution in [0.5, 0.6) is 0 Å². The molecule has 6 nitrogen and oxygen atoms in total. The molecule has 0 saturated heterocycles. The van der Waals surface area contributed by atoms with Gasteiger partial charge >= 0.3 is 0 Å². The number of aliphatic imine (C=N–C) groups is 2. The van der Waals surface area contributed by atoms with E-state index in [9.17, 15) is 9.59 Å². The van der Waals surface area contributed by atoms with Crippen molar-refractivity contribution in [3.63, 3.8) is 0 Å². The van der Waals surface area contributed by atoms with E-state index in [2.05, 4.69) is 47.0 Å². The molecule has 2 aliphatic rings. The summed E-state index contributed by atoms with van der Waals surface area (Å²) in [4.78, 5) is 36.8. The van der Waals surface area contributed by atoms with E-state index in [0.29, 0.717) is 15.8 Å². The Kier molecular flexibility index (Phi) is 10.4. The number of terminal acetylenes is 1. The lowest BCUT2D eigenvalue weighted by atomic mass is 9.98. The zero-order valence-corrected chi connectivity index (χ0v) is 29.9. The zero-order valence-electron chi connectivity index (χ0n) is 27.4. The molecule has 48 heavy (non-hydrogen) atoms. The van der Waals surface area contributed by atoms with E-state index < -0.39 is 8.07 Å². The van der Waals surface area contributed by atoms with Crippen LogP contribution >= 0.6 is 23.2 Å². The number of benzodiazepines with no additional fused rings is 2. The summed E-state index contributed by atoms with van der Waals surface area (Å²) >= 11 is 12.7. The Morgan fingerprint density at radius 2 is 1.10 bits per heavy atom. The van der Waals surface area contributed by atoms with Crippen LogP contribution in [-0.4, -0.2) is 58.5 Å². The van der Waals surface area contributed by atoms with Crippen LogP contribution in [0, 0.1) is 23.8 Å². The summed E-state index contributed by atoms with van der Waals surface area (Å²) in [5.74, 6) is 5.79. The lowest BCUT2D eigenvalue weighted by Gasteiger charge is -2.18. The molecular formula is C39H34Cl2N4O2Si. The molecule has 2 aliphatic heterocycles. The van der Waals surface area contributed by atoms with Gasteiger partial charge in [-0.05, 0) is 48.5 Å². The van der Waals surface area contributed by atoms with Crippen molar-refractivity contribution in [3.05, 3.63) is 128 Å². The summed E-state index contributed by atoms with van der Waals surface area (Å²) in [7, 11) is 2.04. The molecule has 0 bridgehead atoms. The van der Waals surface area contributed by atoms with Crippen LogP contribution in [0.1, 0.15) is 33.4 Å². The van der Waals surface area contributed by atoms with Gasteiger partial charge in [0.25, 0.3) is 0 Å². The first-order chi connectivity index (χ1) is 22.9. The van der Waals surface area contributed by atoms with E-state index in [-0.39, 0.29) is 24.9 Å². The first kappa shape index (κ1) is 34.4. The van der Waals surface area contributed by atoms with Gasteiger partial charge < -0.3 is 9.80 Å². The van der Waals surface area contributed by atoms with Gasteiger partial charge in [0.05, 0.1) is 22.8 Å². The van der Waals surface area contributed by atoms with Crippen molar-refractivity contribution >= 4 is 65.9 Å². The van der Waals surface area contributed by atoms with Crippen LogP contribution in [0.3, 0.4) is 0 Å². The smallest absolute Gasteiger partial charge is 0.248 e. The standard InChI is InChI=1S/C21H21ClN2OSi.C18H13ClN2O/c1-24-19-10-9-15(11-12-26(2,3)4)13-17(19)21(23-14-20(24)25)16-7-5-6-8-18(16)22;1-3-12-8-9-16-14(10-12)18(20-11-17(22)21(16)2)13-6-4-5-7-15(13)19/h5-10,13H,14H2,1-4H3;1,4-10H,11H2,2H3. The molecular weight excluding hydrogens is 655 g/mol. The van der Waals surface area contributed by atoms with Gasteiger partial charge in [0.1, 0.15) is 21.2 Å². The molecule has 0 atom stereocenters. The predicted octanol–water partition coefficient (Wildman–Crippen LogP) is 7.52. The number of carbonyl (C=O) groups excluding carboxylic acids is 2. The molecule has 0 aromatic heterocycles. The van der Waals surface area contributed by atoms with E-state index in [1.807, 2.05) is 78.9 Å². The molecule has 0 spiro atoms. The van der Waals surface area contributed by atoms with Crippen molar-refractivity contribution in [1.82, 2.24) is 0 Å². The third kappa shape index (κ3) is 7.62. The minimum atomic E-state index is -1.48. The number of benzene rings is 4. The minimum Gasteiger partial charge on any atom is -0.313 e. The average Bonchev–Trinajstić information content (AvgIpc) is 3.27. The Labute approximate surface area is 293 Å². The molecule has 0 radical (unpaired) electrons. The molecule has 0 unspecified atom stereocenters. The summed E-state index contributed by atoms with van der Waals surface area (Å²) in [6, 6.07) is 26.5. The van der Waals surface area contributed by atoms with Crippen LogP contribution in [0.2, 0.25) is 29.7 Å². The quantitative estimate of drug-likeness (QED) is 0.162. The summed E-state index contributed by atoms with van der Waals surface area (Å²) in [5.41, 5.74) is 11.4. The van der Waals surface area contributed by atoms with Crippen LogP contribution in [0.15, 0.2) is 94.9 Å². The SMILES string of the molecule is C#Cc1ccc2c(c1)C(c1ccccc1Cl)=NCC(=O)N2C.CN1C(=O)CN=C(c2ccccc2Cl)c2cc(C#C[Si](C)(C)C)ccc21. The van der Waals surface area contributed by atoms with E-state index in [4.69, 9.17) is 29.6 Å². The number of hydrogen-bond donors (Lipinski definition) is 0. The van der Waals surface area contributed by atoms with Crippen LogP contribution in [0.4, 0.5) is 11.4 Å². The maximum absolute atomic E-state index is 12.3. The molecule has 240 valence electrons. The number of amides is 2.